The fourth-order valence-corrected chi connectivity index (χ4v) is 4.90. The maximum absolute atomic E-state index is 12.7. The van der Waals surface area contributed by atoms with Gasteiger partial charge in [-0.1, -0.05) is 67.2 Å². The summed E-state index contributed by atoms with van der Waals surface area (Å²) in [6.07, 6.45) is 0.640. The Morgan fingerprint density at radius 1 is 0.829 bits per heavy atom. The van der Waals surface area contributed by atoms with E-state index < -0.39 is 14.6 Å². The zero-order chi connectivity index (χ0) is 26.3. The van der Waals surface area contributed by atoms with E-state index in [1.54, 1.807) is 40.4 Å². The summed E-state index contributed by atoms with van der Waals surface area (Å²) in [4.78, 5) is 23.8. The van der Waals surface area contributed by atoms with Crippen molar-refractivity contribution >= 4 is 20.6 Å². The molecule has 35 heavy (non-hydrogen) atoms. The minimum Gasteiger partial charge on any atom is -0.462 e. The van der Waals surface area contributed by atoms with Crippen LogP contribution in [0.5, 0.6) is 0 Å². The first kappa shape index (κ1) is 30.4. The maximum Gasteiger partial charge on any atom is 0.500 e. The van der Waals surface area contributed by atoms with Crippen LogP contribution in [0.15, 0.2) is 72.8 Å². The molecule has 0 bridgehead atoms. The molecule has 0 unspecified atom stereocenters. The Kier molecular flexibility index (Phi) is 13.3. The number of Topliss-reactive ketones (excluding diaryl/α,β-unsaturated/α-hetero) is 1. The van der Waals surface area contributed by atoms with Gasteiger partial charge in [0, 0.05) is 58.3 Å². The monoisotopic (exact) mass is 504 g/mol. The number of ketones is 1. The minimum atomic E-state index is -2.53. The number of esters is 1. The van der Waals surface area contributed by atoms with Crippen LogP contribution in [-0.2, 0) is 38.1 Å². The molecular formula is C26H36O8Si. The summed E-state index contributed by atoms with van der Waals surface area (Å²) >= 11 is 0. The molecule has 0 heterocycles. The van der Waals surface area contributed by atoms with Crippen LogP contribution in [0.25, 0.3) is 0 Å². The fraction of sp³-hybridized carbons (Fsp3) is 0.385. The van der Waals surface area contributed by atoms with Gasteiger partial charge in [-0.05, 0) is 13.3 Å². The van der Waals surface area contributed by atoms with Crippen LogP contribution in [0.1, 0.15) is 29.3 Å². The van der Waals surface area contributed by atoms with Crippen molar-refractivity contribution in [2.45, 2.75) is 25.2 Å². The molecule has 2 aromatic carbocycles. The van der Waals surface area contributed by atoms with Crippen LogP contribution in [0, 0.1) is 0 Å². The second-order valence-corrected chi connectivity index (χ2v) is 10.5. The number of carbonyl (C=O) groups is 2. The van der Waals surface area contributed by atoms with E-state index in [-0.39, 0.29) is 11.8 Å². The summed E-state index contributed by atoms with van der Waals surface area (Å²) in [5, 5.41) is 0. The molecule has 0 aliphatic carbocycles. The van der Waals surface area contributed by atoms with Crippen LogP contribution in [0.3, 0.4) is 0 Å². The molecular weight excluding hydrogens is 468 g/mol. The van der Waals surface area contributed by atoms with Crippen molar-refractivity contribution in [2.24, 2.45) is 0 Å². The number of hydrogen-bond donors (Lipinski definition) is 0. The van der Waals surface area contributed by atoms with Crippen molar-refractivity contribution in [2.75, 3.05) is 42.2 Å². The number of carbonyl (C=O) groups excluding carboxylic acids is 2. The highest BCUT2D eigenvalue weighted by Crippen LogP contribution is 2.30. The Balaban J connectivity index is 0.000000357. The molecule has 0 aliphatic heterocycles. The summed E-state index contributed by atoms with van der Waals surface area (Å²) < 4.78 is 31.5. The third-order valence-electron chi connectivity index (χ3n) is 5.21. The predicted octanol–water partition coefficient (Wildman–Crippen LogP) is 4.39. The van der Waals surface area contributed by atoms with Crippen LogP contribution in [0.4, 0.5) is 0 Å². The van der Waals surface area contributed by atoms with Gasteiger partial charge in [-0.15, -0.1) is 0 Å². The Morgan fingerprint density at radius 3 is 1.74 bits per heavy atom. The third-order valence-corrected chi connectivity index (χ3v) is 8.04. The quantitative estimate of drug-likeness (QED) is 0.0991. The summed E-state index contributed by atoms with van der Waals surface area (Å²) in [5.74, 6) is -1.99. The van der Waals surface area contributed by atoms with E-state index in [2.05, 4.69) is 6.58 Å². The number of hydrogen-bond acceptors (Lipinski definition) is 8. The van der Waals surface area contributed by atoms with Gasteiger partial charge >= 0.3 is 14.8 Å². The molecule has 0 saturated carbocycles. The lowest BCUT2D eigenvalue weighted by atomic mass is 9.96. The summed E-state index contributed by atoms with van der Waals surface area (Å²) in [6.45, 7) is 5.42. The Labute approximate surface area is 209 Å². The van der Waals surface area contributed by atoms with Gasteiger partial charge in [0.15, 0.2) is 0 Å². The summed E-state index contributed by atoms with van der Waals surface area (Å²) in [7, 11) is 5.07. The van der Waals surface area contributed by atoms with Crippen LogP contribution in [0.2, 0.25) is 6.04 Å². The highest BCUT2D eigenvalue weighted by atomic mass is 28.4. The largest absolute Gasteiger partial charge is 0.500 e. The molecule has 0 N–H and O–H groups in total. The molecule has 0 spiro atoms. The van der Waals surface area contributed by atoms with E-state index >= 15 is 0 Å². The third kappa shape index (κ3) is 8.50. The van der Waals surface area contributed by atoms with Gasteiger partial charge in [-0.25, -0.2) is 4.79 Å². The van der Waals surface area contributed by atoms with Gasteiger partial charge < -0.3 is 27.5 Å². The van der Waals surface area contributed by atoms with Gasteiger partial charge in [0.2, 0.25) is 5.78 Å². The SMILES string of the molecule is C=C(C)C(=O)OCCC[Si](OC)(OC)OC.COC(OC)(C(=O)c1ccccc1)c1ccccc1. The van der Waals surface area contributed by atoms with Crippen LogP contribution in [-0.4, -0.2) is 62.7 Å². The first-order valence-electron chi connectivity index (χ1n) is 11.0. The Hall–Kier alpha value is -2.66. The zero-order valence-corrected chi connectivity index (χ0v) is 22.4. The molecule has 8 nitrogen and oxygen atoms in total. The molecule has 0 aromatic heterocycles. The lowest BCUT2D eigenvalue weighted by molar-refractivity contribution is -0.176. The molecule has 0 fully saturated rings. The highest BCUT2D eigenvalue weighted by molar-refractivity contribution is 6.60. The number of ether oxygens (including phenoxy) is 3. The summed E-state index contributed by atoms with van der Waals surface area (Å²) in [5.41, 5.74) is 1.62. The lowest BCUT2D eigenvalue weighted by Gasteiger charge is -2.29. The van der Waals surface area contributed by atoms with Gasteiger partial charge in [-0.2, -0.15) is 0 Å². The van der Waals surface area contributed by atoms with E-state index in [0.29, 0.717) is 35.8 Å². The van der Waals surface area contributed by atoms with Gasteiger partial charge in [-0.3, -0.25) is 4.79 Å². The maximum atomic E-state index is 12.7. The van der Waals surface area contributed by atoms with Crippen molar-refractivity contribution in [3.63, 3.8) is 0 Å². The summed E-state index contributed by atoms with van der Waals surface area (Å²) in [6, 6.07) is 18.8. The van der Waals surface area contributed by atoms with E-state index in [1.165, 1.54) is 14.2 Å². The smallest absolute Gasteiger partial charge is 0.462 e. The average Bonchev–Trinajstić information content (AvgIpc) is 2.91. The zero-order valence-electron chi connectivity index (χ0n) is 21.4. The Morgan fingerprint density at radius 2 is 1.31 bits per heavy atom. The molecule has 192 valence electrons. The second kappa shape index (κ2) is 15.4. The fourth-order valence-electron chi connectivity index (χ4n) is 3.21. The van der Waals surface area contributed by atoms with Gasteiger partial charge in [0.05, 0.1) is 6.61 Å². The molecule has 0 atom stereocenters. The van der Waals surface area contributed by atoms with Gasteiger partial charge in [0.25, 0.3) is 5.79 Å². The number of rotatable bonds is 13. The average molecular weight is 505 g/mol. The van der Waals surface area contributed by atoms with Crippen molar-refractivity contribution in [1.29, 1.82) is 0 Å². The minimum absolute atomic E-state index is 0.218. The first-order chi connectivity index (χ1) is 16.8. The molecule has 0 amide bonds. The lowest BCUT2D eigenvalue weighted by Crippen LogP contribution is -2.42. The van der Waals surface area contributed by atoms with E-state index in [4.69, 9.17) is 27.5 Å². The van der Waals surface area contributed by atoms with Crippen molar-refractivity contribution in [3.8, 4) is 0 Å². The molecule has 0 saturated heterocycles. The molecule has 0 aliphatic rings. The normalized spacial score (nSPS) is 11.3. The van der Waals surface area contributed by atoms with Crippen LogP contribution < -0.4 is 0 Å². The van der Waals surface area contributed by atoms with E-state index in [9.17, 15) is 9.59 Å². The predicted molar refractivity (Wildman–Crippen MR) is 135 cm³/mol. The molecule has 2 rings (SSSR count). The van der Waals surface area contributed by atoms with Crippen molar-refractivity contribution in [1.82, 2.24) is 0 Å². The Bertz CT molecular complexity index is 901. The number of methoxy groups -OCH3 is 2. The first-order valence-corrected chi connectivity index (χ1v) is 12.9. The standard InChI is InChI=1S/C16H16O3.C10H20O5Si/c1-18-16(19-2,14-11-7-4-8-12-14)15(17)13-9-5-3-6-10-13;1-9(2)10(11)15-7-6-8-16(12-3,13-4)14-5/h3-12H,1-2H3;1,6-8H2,2-5H3. The molecule has 9 heteroatoms. The second-order valence-electron chi connectivity index (χ2n) is 7.40. The van der Waals surface area contributed by atoms with Crippen molar-refractivity contribution in [3.05, 3.63) is 83.9 Å². The van der Waals surface area contributed by atoms with Crippen LogP contribution >= 0.6 is 0 Å². The van der Waals surface area contributed by atoms with E-state index in [0.717, 1.165) is 0 Å². The van der Waals surface area contributed by atoms with Gasteiger partial charge in [0.1, 0.15) is 0 Å². The highest BCUT2D eigenvalue weighted by Gasteiger charge is 2.41. The van der Waals surface area contributed by atoms with E-state index in [1.807, 2.05) is 48.5 Å². The molecule has 2 aromatic rings. The molecule has 0 radical (unpaired) electrons. The van der Waals surface area contributed by atoms with Crippen molar-refractivity contribution < 1.29 is 37.1 Å². The number of benzene rings is 2. The topological polar surface area (TPSA) is 89.5 Å².